The van der Waals surface area contributed by atoms with Crippen LogP contribution in [-0.2, 0) is 21.9 Å². The van der Waals surface area contributed by atoms with Crippen LogP contribution in [0.25, 0.3) is 0 Å². The number of benzene rings is 2. The normalized spacial score (nSPS) is 35.9. The van der Waals surface area contributed by atoms with Crippen molar-refractivity contribution in [2.45, 2.75) is 93.9 Å². The van der Waals surface area contributed by atoms with Crippen molar-refractivity contribution in [2.24, 2.45) is 17.8 Å². The van der Waals surface area contributed by atoms with Gasteiger partial charge in [-0.15, -0.1) is 0 Å². The van der Waals surface area contributed by atoms with E-state index in [2.05, 4.69) is 31.6 Å². The fraction of sp³-hybridized carbons (Fsp3) is 0.634. The number of anilines is 1. The SMILES string of the molecule is C[C@@H]1[C@@H](C)C/C=C/[C@](O)(CN2CCN3CCCC[C@@H]3C2)[C@@H]2CC[C@H]2CN2C[C@@]3(CCCc4cc(Cl)ccc43)COc3ccc(cc32)C(=O)NS1(=O)=O. The maximum Gasteiger partial charge on any atom is 0.264 e. The van der Waals surface area contributed by atoms with E-state index in [1.165, 1.54) is 36.9 Å². The summed E-state index contributed by atoms with van der Waals surface area (Å²) in [5, 5.41) is 12.8. The molecule has 1 amide bonds. The summed E-state index contributed by atoms with van der Waals surface area (Å²) in [6.45, 7) is 10.2. The molecule has 4 heterocycles. The number of hydrogen-bond acceptors (Lipinski definition) is 8. The van der Waals surface area contributed by atoms with Crippen LogP contribution >= 0.6 is 11.6 Å². The van der Waals surface area contributed by atoms with Crippen molar-refractivity contribution in [3.8, 4) is 5.75 Å². The van der Waals surface area contributed by atoms with Gasteiger partial charge in [0.1, 0.15) is 5.75 Å². The molecule has 2 aromatic carbocycles. The largest absolute Gasteiger partial charge is 0.490 e. The highest BCUT2D eigenvalue weighted by atomic mass is 35.5. The minimum atomic E-state index is -3.97. The first-order valence-corrected chi connectivity index (χ1v) is 21.6. The summed E-state index contributed by atoms with van der Waals surface area (Å²) >= 11 is 6.49. The number of carbonyl (C=O) groups excluding carboxylic acids is 1. The van der Waals surface area contributed by atoms with E-state index in [9.17, 15) is 18.3 Å². The zero-order valence-corrected chi connectivity index (χ0v) is 32.3. The van der Waals surface area contributed by atoms with Crippen molar-refractivity contribution in [1.82, 2.24) is 14.5 Å². The van der Waals surface area contributed by atoms with Crippen LogP contribution in [0.2, 0.25) is 5.02 Å². The average Bonchev–Trinajstić information content (AvgIpc) is 3.25. The topological polar surface area (TPSA) is 102 Å². The molecule has 0 unspecified atom stereocenters. The Morgan fingerprint density at radius 1 is 1.02 bits per heavy atom. The third kappa shape index (κ3) is 6.91. The standard InChI is InChI=1S/C41H55ClN4O5S/c1-28-7-5-17-41(48,26-44-19-20-45-18-4-3-9-34(45)24-44)36-13-10-32(36)23-46-25-40(16-6-8-30-21-33(42)12-14-35(30)40)27-51-38-15-11-31(22-37(38)46)39(47)43-52(49,50)29(28)2/h5,11-12,14-15,17,21-22,28-29,32,34,36,48H,3-4,6-10,13,16,18-20,23-27H2,1-2H3,(H,43,47)/b17-5+/t28-,29+,32-,34+,36+,40-,41-/m0/s1. The van der Waals surface area contributed by atoms with Crippen molar-refractivity contribution in [1.29, 1.82) is 0 Å². The van der Waals surface area contributed by atoms with Gasteiger partial charge in [0.2, 0.25) is 10.0 Å². The Bertz CT molecular complexity index is 1820. The van der Waals surface area contributed by atoms with Crippen LogP contribution in [0.4, 0.5) is 5.69 Å². The molecule has 7 atom stereocenters. The number of piperazine rings is 1. The van der Waals surface area contributed by atoms with E-state index < -0.39 is 26.8 Å². The first-order chi connectivity index (χ1) is 24.9. The Labute approximate surface area is 314 Å². The highest BCUT2D eigenvalue weighted by Gasteiger charge is 2.49. The number of allylic oxidation sites excluding steroid dienone is 1. The molecule has 282 valence electrons. The number of aliphatic hydroxyl groups is 1. The van der Waals surface area contributed by atoms with Crippen LogP contribution in [-0.4, -0.2) is 98.5 Å². The zero-order valence-electron chi connectivity index (χ0n) is 30.7. The quantitative estimate of drug-likeness (QED) is 0.373. The van der Waals surface area contributed by atoms with E-state index in [1.54, 1.807) is 13.0 Å². The molecule has 2 N–H and O–H groups in total. The number of sulfonamides is 1. The summed E-state index contributed by atoms with van der Waals surface area (Å²) in [7, 11) is -3.97. The lowest BCUT2D eigenvalue weighted by molar-refractivity contribution is -0.0766. The molecular formula is C41H55ClN4O5S. The Hall–Kier alpha value is -2.63. The molecule has 0 aromatic heterocycles. The van der Waals surface area contributed by atoms with Crippen molar-refractivity contribution in [3.63, 3.8) is 0 Å². The summed E-state index contributed by atoms with van der Waals surface area (Å²) in [6.07, 6.45) is 13.2. The number of rotatable bonds is 2. The van der Waals surface area contributed by atoms with E-state index in [-0.39, 0.29) is 28.7 Å². The van der Waals surface area contributed by atoms with Crippen LogP contribution in [0.5, 0.6) is 5.75 Å². The summed E-state index contributed by atoms with van der Waals surface area (Å²) in [4.78, 5) is 21.1. The first-order valence-electron chi connectivity index (χ1n) is 19.7. The minimum absolute atomic E-state index is 0.0463. The van der Waals surface area contributed by atoms with Gasteiger partial charge in [0.15, 0.2) is 0 Å². The summed E-state index contributed by atoms with van der Waals surface area (Å²) in [5.41, 5.74) is 2.28. The molecule has 2 aromatic rings. The number of ether oxygens (including phenoxy) is 1. The molecule has 9 nitrogen and oxygen atoms in total. The summed E-state index contributed by atoms with van der Waals surface area (Å²) < 4.78 is 36.2. The molecule has 2 aliphatic carbocycles. The fourth-order valence-corrected chi connectivity index (χ4v) is 11.7. The number of halogens is 1. The molecule has 11 heteroatoms. The van der Waals surface area contributed by atoms with Crippen molar-refractivity contribution >= 4 is 33.2 Å². The maximum atomic E-state index is 13.6. The van der Waals surface area contributed by atoms with E-state index in [0.29, 0.717) is 44.5 Å². The summed E-state index contributed by atoms with van der Waals surface area (Å²) in [5.74, 6) is 0.0722. The molecule has 1 spiro atoms. The number of nitrogens with zero attached hydrogens (tertiary/aromatic N) is 3. The highest BCUT2D eigenvalue weighted by molar-refractivity contribution is 7.90. The number of aryl methyl sites for hydroxylation is 1. The van der Waals surface area contributed by atoms with E-state index in [0.717, 1.165) is 62.4 Å². The minimum Gasteiger partial charge on any atom is -0.490 e. The molecule has 3 fully saturated rings. The average molecular weight is 751 g/mol. The van der Waals surface area contributed by atoms with Gasteiger partial charge in [-0.1, -0.05) is 43.2 Å². The van der Waals surface area contributed by atoms with Gasteiger partial charge in [-0.3, -0.25) is 14.6 Å². The van der Waals surface area contributed by atoms with Crippen molar-refractivity contribution < 1.29 is 23.1 Å². The van der Waals surface area contributed by atoms with Gasteiger partial charge in [-0.2, -0.15) is 0 Å². The zero-order chi connectivity index (χ0) is 36.3. The molecule has 6 aliphatic rings. The van der Waals surface area contributed by atoms with Crippen LogP contribution in [0.1, 0.15) is 86.7 Å². The van der Waals surface area contributed by atoms with Crippen LogP contribution < -0.4 is 14.4 Å². The smallest absolute Gasteiger partial charge is 0.264 e. The van der Waals surface area contributed by atoms with Gasteiger partial charge in [-0.05, 0) is 124 Å². The van der Waals surface area contributed by atoms with E-state index in [1.807, 2.05) is 37.3 Å². The number of hydrogen-bond donors (Lipinski definition) is 2. The molecule has 4 aliphatic heterocycles. The molecular weight excluding hydrogens is 696 g/mol. The predicted molar refractivity (Wildman–Crippen MR) is 206 cm³/mol. The Kier molecular flexibility index (Phi) is 9.94. The number of β-amino-alcohol motifs (C(OH)–C–C–N with tert-alkyl or cyclic N) is 1. The van der Waals surface area contributed by atoms with E-state index in [4.69, 9.17) is 16.3 Å². The fourth-order valence-electron chi connectivity index (χ4n) is 10.3. The predicted octanol–water partition coefficient (Wildman–Crippen LogP) is 5.78. The highest BCUT2D eigenvalue weighted by Crippen LogP contribution is 2.48. The third-order valence-corrected chi connectivity index (χ3v) is 15.8. The van der Waals surface area contributed by atoms with Crippen LogP contribution in [0.15, 0.2) is 48.6 Å². The molecule has 1 saturated carbocycles. The number of carbonyl (C=O) groups is 1. The molecule has 2 saturated heterocycles. The third-order valence-electron chi connectivity index (χ3n) is 13.7. The lowest BCUT2D eigenvalue weighted by atomic mass is 9.63. The Morgan fingerprint density at radius 2 is 1.88 bits per heavy atom. The second-order valence-corrected chi connectivity index (χ2v) is 19.4. The molecule has 8 rings (SSSR count). The maximum absolute atomic E-state index is 13.6. The molecule has 52 heavy (non-hydrogen) atoms. The van der Waals surface area contributed by atoms with Gasteiger partial charge in [0, 0.05) is 61.3 Å². The molecule has 0 radical (unpaired) electrons. The number of nitrogens with one attached hydrogen (secondary N) is 1. The van der Waals surface area contributed by atoms with Crippen molar-refractivity contribution in [2.75, 3.05) is 57.3 Å². The first kappa shape index (κ1) is 36.4. The Morgan fingerprint density at radius 3 is 2.71 bits per heavy atom. The lowest BCUT2D eigenvalue weighted by Gasteiger charge is -2.52. The van der Waals surface area contributed by atoms with Gasteiger partial charge >= 0.3 is 0 Å². The van der Waals surface area contributed by atoms with Gasteiger partial charge in [-0.25, -0.2) is 13.1 Å². The van der Waals surface area contributed by atoms with Gasteiger partial charge < -0.3 is 14.7 Å². The van der Waals surface area contributed by atoms with Crippen LogP contribution in [0, 0.1) is 17.8 Å². The van der Waals surface area contributed by atoms with Gasteiger partial charge in [0.25, 0.3) is 5.91 Å². The Balaban J connectivity index is 1.17. The number of piperidine rings is 1. The number of fused-ring (bicyclic) bond motifs is 5. The van der Waals surface area contributed by atoms with Gasteiger partial charge in [0.05, 0.1) is 23.1 Å². The number of amides is 1. The molecule has 2 bridgehead atoms. The lowest BCUT2D eigenvalue weighted by Crippen LogP contribution is -2.60. The van der Waals surface area contributed by atoms with E-state index >= 15 is 0 Å². The second kappa shape index (κ2) is 14.2. The monoisotopic (exact) mass is 750 g/mol. The second-order valence-electron chi connectivity index (χ2n) is 16.9. The van der Waals surface area contributed by atoms with Crippen molar-refractivity contribution in [3.05, 3.63) is 70.3 Å². The van der Waals surface area contributed by atoms with Crippen LogP contribution in [0.3, 0.4) is 0 Å². The summed E-state index contributed by atoms with van der Waals surface area (Å²) in [6, 6.07) is 12.1.